The first-order chi connectivity index (χ1) is 13.3. The number of nitrogens with one attached hydrogen (secondary N) is 1. The predicted molar refractivity (Wildman–Crippen MR) is 116 cm³/mol. The van der Waals surface area contributed by atoms with Crippen LogP contribution in [0.2, 0.25) is 0 Å². The Morgan fingerprint density at radius 2 is 1.82 bits per heavy atom. The summed E-state index contributed by atoms with van der Waals surface area (Å²) < 4.78 is 0. The number of aromatic nitrogens is 1. The van der Waals surface area contributed by atoms with Crippen molar-refractivity contribution in [3.8, 4) is 10.6 Å². The summed E-state index contributed by atoms with van der Waals surface area (Å²) in [5.41, 5.74) is 5.70. The molecule has 0 aliphatic heterocycles. The zero-order chi connectivity index (χ0) is 20.4. The quantitative estimate of drug-likeness (QED) is 0.652. The number of likely N-dealkylation sites (N-methyl/N-ethyl adjacent to an activating group) is 1. The number of hydrogen-bond donors (Lipinski definition) is 1. The molecule has 0 fully saturated rings. The van der Waals surface area contributed by atoms with Crippen molar-refractivity contribution in [2.45, 2.75) is 27.7 Å². The lowest BCUT2D eigenvalue weighted by Gasteiger charge is -2.18. The fourth-order valence-electron chi connectivity index (χ4n) is 3.12. The smallest absolute Gasteiger partial charge is 0.266 e. The Hall–Kier alpha value is -2.51. The molecule has 7 heteroatoms. The van der Waals surface area contributed by atoms with Gasteiger partial charge in [-0.25, -0.2) is 4.98 Å². The lowest BCUT2D eigenvalue weighted by molar-refractivity contribution is -0.116. The van der Waals surface area contributed by atoms with Gasteiger partial charge in [-0.3, -0.25) is 9.59 Å². The highest BCUT2D eigenvalue weighted by Crippen LogP contribution is 2.30. The summed E-state index contributed by atoms with van der Waals surface area (Å²) in [6, 6.07) is 6.05. The monoisotopic (exact) mass is 413 g/mol. The van der Waals surface area contributed by atoms with Gasteiger partial charge in [0.05, 0.1) is 12.2 Å². The minimum absolute atomic E-state index is 0.0171. The van der Waals surface area contributed by atoms with E-state index in [2.05, 4.69) is 10.3 Å². The van der Waals surface area contributed by atoms with Gasteiger partial charge in [0.15, 0.2) is 0 Å². The number of benzene rings is 1. The van der Waals surface area contributed by atoms with Gasteiger partial charge in [0.25, 0.3) is 5.91 Å². The first kappa shape index (κ1) is 20.2. The van der Waals surface area contributed by atoms with Crippen molar-refractivity contribution >= 4 is 40.2 Å². The summed E-state index contributed by atoms with van der Waals surface area (Å²) in [5, 5.41) is 7.76. The molecule has 2 heterocycles. The zero-order valence-electron chi connectivity index (χ0n) is 16.6. The van der Waals surface area contributed by atoms with E-state index in [0.29, 0.717) is 10.6 Å². The number of rotatable bonds is 5. The molecule has 0 spiro atoms. The van der Waals surface area contributed by atoms with Crippen LogP contribution in [0.1, 0.15) is 32.1 Å². The molecule has 0 unspecified atom stereocenters. The van der Waals surface area contributed by atoms with Crippen LogP contribution in [0.5, 0.6) is 0 Å². The van der Waals surface area contributed by atoms with Crippen LogP contribution in [0.3, 0.4) is 0 Å². The number of thiophene rings is 1. The average Bonchev–Trinajstić information content (AvgIpc) is 3.26. The van der Waals surface area contributed by atoms with Crippen LogP contribution < -0.4 is 5.32 Å². The first-order valence-electron chi connectivity index (χ1n) is 8.89. The third-order valence-corrected chi connectivity index (χ3v) is 6.31. The number of nitrogens with zero attached hydrogens (tertiary/aromatic N) is 2. The Balaban J connectivity index is 1.70. The van der Waals surface area contributed by atoms with E-state index in [1.165, 1.54) is 16.2 Å². The Labute approximate surface area is 173 Å². The number of hydrogen-bond acceptors (Lipinski definition) is 5. The van der Waals surface area contributed by atoms with Crippen molar-refractivity contribution in [2.75, 3.05) is 18.9 Å². The topological polar surface area (TPSA) is 62.3 Å². The van der Waals surface area contributed by atoms with Gasteiger partial charge in [0, 0.05) is 23.7 Å². The van der Waals surface area contributed by atoms with Gasteiger partial charge in [-0.1, -0.05) is 17.7 Å². The van der Waals surface area contributed by atoms with Crippen molar-refractivity contribution in [2.24, 2.45) is 0 Å². The average molecular weight is 414 g/mol. The predicted octanol–water partition coefficient (Wildman–Crippen LogP) is 4.82. The minimum Gasteiger partial charge on any atom is -0.332 e. The lowest BCUT2D eigenvalue weighted by atomic mass is 10.1. The third kappa shape index (κ3) is 4.31. The summed E-state index contributed by atoms with van der Waals surface area (Å²) in [6.07, 6.45) is 0. The van der Waals surface area contributed by atoms with Crippen LogP contribution in [-0.4, -0.2) is 35.3 Å². The van der Waals surface area contributed by atoms with E-state index in [1.54, 1.807) is 18.4 Å². The molecule has 0 bridgehead atoms. The molecule has 1 aromatic carbocycles. The second kappa shape index (κ2) is 8.24. The van der Waals surface area contributed by atoms with Gasteiger partial charge in [0.2, 0.25) is 5.91 Å². The van der Waals surface area contributed by atoms with Crippen LogP contribution in [0.15, 0.2) is 29.0 Å². The minimum atomic E-state index is -0.217. The van der Waals surface area contributed by atoms with Gasteiger partial charge in [-0.05, 0) is 50.3 Å². The number of aryl methyl sites for hydroxylation is 4. The number of anilines is 1. The molecule has 0 saturated carbocycles. The molecular weight excluding hydrogens is 390 g/mol. The Bertz CT molecular complexity index is 999. The van der Waals surface area contributed by atoms with Crippen LogP contribution in [0.4, 0.5) is 5.69 Å². The van der Waals surface area contributed by atoms with Gasteiger partial charge >= 0.3 is 0 Å². The molecule has 0 aliphatic carbocycles. The molecule has 1 N–H and O–H groups in total. The van der Waals surface area contributed by atoms with E-state index in [0.717, 1.165) is 32.9 Å². The van der Waals surface area contributed by atoms with Gasteiger partial charge < -0.3 is 10.2 Å². The van der Waals surface area contributed by atoms with Crippen molar-refractivity contribution in [3.05, 3.63) is 56.2 Å². The molecule has 2 aromatic heterocycles. The zero-order valence-corrected chi connectivity index (χ0v) is 18.3. The van der Waals surface area contributed by atoms with Crippen molar-refractivity contribution in [1.82, 2.24) is 9.88 Å². The third-order valence-electron chi connectivity index (χ3n) is 4.43. The normalized spacial score (nSPS) is 10.8. The first-order valence-corrected chi connectivity index (χ1v) is 10.7. The maximum absolute atomic E-state index is 12.8. The Kier molecular flexibility index (Phi) is 5.96. The summed E-state index contributed by atoms with van der Waals surface area (Å²) >= 11 is 2.96. The highest BCUT2D eigenvalue weighted by Gasteiger charge is 2.21. The molecule has 3 rings (SSSR count). The van der Waals surface area contributed by atoms with Crippen molar-refractivity contribution in [1.29, 1.82) is 0 Å². The largest absolute Gasteiger partial charge is 0.332 e. The standard InChI is InChI=1S/C21H23N3O2S2/c1-12-8-13(2)18(14(3)9-12)23-17(25)10-24(5)21(26)19-15(4)22-20(28-19)16-6-7-27-11-16/h6-9,11H,10H2,1-5H3,(H,23,25). The van der Waals surface area contributed by atoms with E-state index in [-0.39, 0.29) is 18.4 Å². The van der Waals surface area contributed by atoms with E-state index in [9.17, 15) is 9.59 Å². The van der Waals surface area contributed by atoms with Crippen LogP contribution >= 0.6 is 22.7 Å². The lowest BCUT2D eigenvalue weighted by Crippen LogP contribution is -2.35. The van der Waals surface area contributed by atoms with E-state index in [1.807, 2.05) is 56.7 Å². The van der Waals surface area contributed by atoms with Crippen LogP contribution in [0, 0.1) is 27.7 Å². The maximum Gasteiger partial charge on any atom is 0.266 e. The number of carbonyl (C=O) groups is 2. The molecular formula is C21H23N3O2S2. The molecule has 0 saturated heterocycles. The van der Waals surface area contributed by atoms with Gasteiger partial charge in [0.1, 0.15) is 9.88 Å². The summed E-state index contributed by atoms with van der Waals surface area (Å²) in [5.74, 6) is -0.407. The Morgan fingerprint density at radius 3 is 2.43 bits per heavy atom. The molecule has 28 heavy (non-hydrogen) atoms. The SMILES string of the molecule is Cc1cc(C)c(NC(=O)CN(C)C(=O)c2sc(-c3ccsc3)nc2C)c(C)c1. The highest BCUT2D eigenvalue weighted by molar-refractivity contribution is 7.17. The second-order valence-electron chi connectivity index (χ2n) is 6.93. The number of amides is 2. The van der Waals surface area contributed by atoms with E-state index in [4.69, 9.17) is 0 Å². The van der Waals surface area contributed by atoms with E-state index >= 15 is 0 Å². The molecule has 5 nitrogen and oxygen atoms in total. The molecule has 2 amide bonds. The fourth-order valence-corrected chi connectivity index (χ4v) is 4.89. The Morgan fingerprint density at radius 1 is 1.14 bits per heavy atom. The summed E-state index contributed by atoms with van der Waals surface area (Å²) in [7, 11) is 1.64. The number of thiazole rings is 1. The number of carbonyl (C=O) groups excluding carboxylic acids is 2. The van der Waals surface area contributed by atoms with Crippen LogP contribution in [-0.2, 0) is 4.79 Å². The van der Waals surface area contributed by atoms with Gasteiger partial charge in [-0.15, -0.1) is 11.3 Å². The molecule has 0 aliphatic rings. The maximum atomic E-state index is 12.8. The van der Waals surface area contributed by atoms with E-state index < -0.39 is 0 Å². The molecule has 3 aromatic rings. The van der Waals surface area contributed by atoms with Crippen molar-refractivity contribution in [3.63, 3.8) is 0 Å². The highest BCUT2D eigenvalue weighted by atomic mass is 32.1. The molecule has 146 valence electrons. The van der Waals surface area contributed by atoms with Crippen LogP contribution in [0.25, 0.3) is 10.6 Å². The molecule has 0 atom stereocenters. The summed E-state index contributed by atoms with van der Waals surface area (Å²) in [6.45, 7) is 7.78. The van der Waals surface area contributed by atoms with Gasteiger partial charge in [-0.2, -0.15) is 11.3 Å². The summed E-state index contributed by atoms with van der Waals surface area (Å²) in [4.78, 5) is 31.9. The second-order valence-corrected chi connectivity index (χ2v) is 8.71. The van der Waals surface area contributed by atoms with Crippen molar-refractivity contribution < 1.29 is 9.59 Å². The molecule has 0 radical (unpaired) electrons. The fraction of sp³-hybridized carbons (Fsp3) is 0.286.